The molecule has 3 aromatic heterocycles. The average molecular weight is 419 g/mol. The molecule has 4 heterocycles. The van der Waals surface area contributed by atoms with Crippen LogP contribution in [0.5, 0.6) is 0 Å². The van der Waals surface area contributed by atoms with Gasteiger partial charge in [0.2, 0.25) is 0 Å². The number of hydrogen-bond donors (Lipinski definition) is 5. The summed E-state index contributed by atoms with van der Waals surface area (Å²) in [6.45, 7) is 0.986. The van der Waals surface area contributed by atoms with Crippen LogP contribution in [0.3, 0.4) is 0 Å². The van der Waals surface area contributed by atoms with Crippen LogP contribution in [0.4, 0.5) is 5.82 Å². The molecule has 0 radical (unpaired) electrons. The van der Waals surface area contributed by atoms with E-state index in [1.807, 2.05) is 0 Å². The van der Waals surface area contributed by atoms with Gasteiger partial charge in [-0.25, -0.2) is 9.97 Å². The van der Waals surface area contributed by atoms with Gasteiger partial charge in [0.1, 0.15) is 35.6 Å². The topological polar surface area (TPSA) is 156 Å². The van der Waals surface area contributed by atoms with Crippen molar-refractivity contribution >= 4 is 34.1 Å². The smallest absolute Gasteiger partial charge is 0.251 e. The highest BCUT2D eigenvalue weighted by Gasteiger charge is 2.53. The Morgan fingerprint density at radius 3 is 2.90 bits per heavy atom. The van der Waals surface area contributed by atoms with Gasteiger partial charge in [-0.1, -0.05) is 0 Å². The summed E-state index contributed by atoms with van der Waals surface area (Å²) in [5.74, 6) is 0.0203. The van der Waals surface area contributed by atoms with Crippen molar-refractivity contribution in [3.63, 3.8) is 0 Å². The van der Waals surface area contributed by atoms with E-state index in [-0.39, 0.29) is 11.7 Å². The molecule has 0 spiro atoms. The number of carbonyl (C=O) groups is 1. The zero-order chi connectivity index (χ0) is 20.9. The van der Waals surface area contributed by atoms with Crippen molar-refractivity contribution in [2.24, 2.45) is 0 Å². The summed E-state index contributed by atoms with van der Waals surface area (Å²) in [6, 6.07) is 1.73. The van der Waals surface area contributed by atoms with Gasteiger partial charge in [-0.2, -0.15) is 0 Å². The molecule has 0 aliphatic carbocycles. The third-order valence-corrected chi connectivity index (χ3v) is 6.14. The molecule has 11 heteroatoms. The van der Waals surface area contributed by atoms with E-state index in [0.29, 0.717) is 22.2 Å². The Morgan fingerprint density at radius 2 is 2.24 bits per heavy atom. The van der Waals surface area contributed by atoms with E-state index in [2.05, 4.69) is 15.3 Å². The minimum Gasteiger partial charge on any atom is -0.394 e. The molecule has 0 aromatic carbocycles. The molecule has 1 aliphatic rings. The molecule has 29 heavy (non-hydrogen) atoms. The fourth-order valence-electron chi connectivity index (χ4n) is 3.61. The molecule has 10 nitrogen and oxygen atoms in total. The van der Waals surface area contributed by atoms with Crippen LogP contribution in [-0.2, 0) is 4.74 Å². The van der Waals surface area contributed by atoms with Crippen LogP contribution in [0.2, 0.25) is 0 Å². The molecule has 0 bridgehead atoms. The van der Waals surface area contributed by atoms with Crippen molar-refractivity contribution in [2.75, 3.05) is 19.4 Å². The highest BCUT2D eigenvalue weighted by atomic mass is 32.1. The van der Waals surface area contributed by atoms with E-state index in [0.717, 1.165) is 4.88 Å². The van der Waals surface area contributed by atoms with Crippen LogP contribution in [0.15, 0.2) is 24.0 Å². The molecule has 4 atom stereocenters. The first kappa shape index (κ1) is 19.7. The van der Waals surface area contributed by atoms with Crippen LogP contribution < -0.4 is 11.1 Å². The van der Waals surface area contributed by atoms with Crippen molar-refractivity contribution in [1.29, 1.82) is 0 Å². The second kappa shape index (κ2) is 7.04. The molecule has 1 fully saturated rings. The summed E-state index contributed by atoms with van der Waals surface area (Å²) in [4.78, 5) is 21.0. The minimum absolute atomic E-state index is 0.212. The third-order valence-electron chi connectivity index (χ3n) is 5.18. The number of rotatable bonds is 4. The first-order valence-electron chi connectivity index (χ1n) is 8.88. The van der Waals surface area contributed by atoms with E-state index in [9.17, 15) is 20.1 Å². The number of anilines is 1. The fraction of sp³-hybridized carbons (Fsp3) is 0.389. The Balaban J connectivity index is 1.89. The van der Waals surface area contributed by atoms with Crippen molar-refractivity contribution < 1.29 is 24.9 Å². The third kappa shape index (κ3) is 2.98. The number of nitrogens with two attached hydrogens (primary N) is 1. The molecule has 1 saturated heterocycles. The van der Waals surface area contributed by atoms with Crippen LogP contribution in [0, 0.1) is 0 Å². The number of ether oxygens (including phenoxy) is 1. The summed E-state index contributed by atoms with van der Waals surface area (Å²) in [5.41, 5.74) is 6.01. The average Bonchev–Trinajstić information content (AvgIpc) is 3.38. The molecular formula is C18H21N5O5S. The van der Waals surface area contributed by atoms with Gasteiger partial charge >= 0.3 is 0 Å². The first-order chi connectivity index (χ1) is 13.8. The van der Waals surface area contributed by atoms with Gasteiger partial charge in [-0.3, -0.25) is 4.79 Å². The van der Waals surface area contributed by atoms with Gasteiger partial charge in [0.25, 0.3) is 5.91 Å². The van der Waals surface area contributed by atoms with Crippen molar-refractivity contribution in [3.8, 4) is 10.4 Å². The Labute approximate surface area is 169 Å². The maximum Gasteiger partial charge on any atom is 0.251 e. The fourth-order valence-corrected chi connectivity index (χ4v) is 4.51. The highest BCUT2D eigenvalue weighted by Crippen LogP contribution is 2.43. The molecular weight excluding hydrogens is 398 g/mol. The normalized spacial score (nSPS) is 26.9. The number of amides is 1. The monoisotopic (exact) mass is 419 g/mol. The SMILES string of the molecule is CNC(=O)c1csc(-c2cn([C@H]3O[C@H](CO)[C@@H](O)[C@@]3(C)O)c3ncnc(N)c23)c1. The number of carbonyl (C=O) groups excluding carboxylic acids is 1. The molecule has 3 aromatic rings. The van der Waals surface area contributed by atoms with Crippen LogP contribution in [0.1, 0.15) is 23.5 Å². The second-order valence-electron chi connectivity index (χ2n) is 7.07. The van der Waals surface area contributed by atoms with Crippen LogP contribution in [-0.4, -0.2) is 67.2 Å². The van der Waals surface area contributed by atoms with E-state index >= 15 is 0 Å². The number of aliphatic hydroxyl groups excluding tert-OH is 2. The lowest BCUT2D eigenvalue weighted by Gasteiger charge is -2.27. The number of fused-ring (bicyclic) bond motifs is 1. The van der Waals surface area contributed by atoms with Gasteiger partial charge in [0.15, 0.2) is 6.23 Å². The van der Waals surface area contributed by atoms with Gasteiger partial charge < -0.3 is 35.7 Å². The number of nitrogens with one attached hydrogen (secondary N) is 1. The molecule has 0 unspecified atom stereocenters. The number of aliphatic hydroxyl groups is 3. The predicted molar refractivity (Wildman–Crippen MR) is 106 cm³/mol. The minimum atomic E-state index is -1.68. The first-order valence-corrected chi connectivity index (χ1v) is 9.76. The van der Waals surface area contributed by atoms with Crippen LogP contribution in [0.25, 0.3) is 21.5 Å². The van der Waals surface area contributed by atoms with Gasteiger partial charge in [-0.05, 0) is 13.0 Å². The highest BCUT2D eigenvalue weighted by molar-refractivity contribution is 7.14. The van der Waals surface area contributed by atoms with E-state index in [1.54, 1.807) is 29.3 Å². The van der Waals surface area contributed by atoms with Crippen molar-refractivity contribution in [1.82, 2.24) is 19.9 Å². The quantitative estimate of drug-likeness (QED) is 0.399. The predicted octanol–water partition coefficient (Wildman–Crippen LogP) is 0.103. The number of nitrogen functional groups attached to an aromatic ring is 1. The van der Waals surface area contributed by atoms with Crippen molar-refractivity contribution in [3.05, 3.63) is 29.5 Å². The molecule has 6 N–H and O–H groups in total. The van der Waals surface area contributed by atoms with Crippen molar-refractivity contribution in [2.45, 2.75) is 31.0 Å². The zero-order valence-corrected chi connectivity index (χ0v) is 16.6. The van der Waals surface area contributed by atoms with Gasteiger partial charge in [0.05, 0.1) is 17.6 Å². The number of nitrogens with zero attached hydrogens (tertiary/aromatic N) is 3. The second-order valence-corrected chi connectivity index (χ2v) is 7.98. The van der Waals surface area contributed by atoms with Crippen LogP contribution >= 0.6 is 11.3 Å². The Bertz CT molecular complexity index is 1080. The largest absolute Gasteiger partial charge is 0.394 e. The lowest BCUT2D eigenvalue weighted by Crippen LogP contribution is -2.44. The summed E-state index contributed by atoms with van der Waals surface area (Å²) >= 11 is 1.35. The summed E-state index contributed by atoms with van der Waals surface area (Å²) < 4.78 is 7.30. The molecule has 4 rings (SSSR count). The molecule has 1 aliphatic heterocycles. The Morgan fingerprint density at radius 1 is 1.48 bits per heavy atom. The number of hydrogen-bond acceptors (Lipinski definition) is 9. The maximum absolute atomic E-state index is 11.9. The summed E-state index contributed by atoms with van der Waals surface area (Å²) in [6.07, 6.45) is -0.262. The standard InChI is InChI=1S/C18H21N5O5S/c1-18(27)13(25)10(5-24)28-17(18)23-4-9(12-14(19)21-7-22-15(12)23)11-3-8(6-29-11)16(26)20-2/h3-4,6-7,10,13,17,24-25,27H,5H2,1-2H3,(H,20,26)(H2,19,21,22)/t10-,13-,17+,18-/m1/s1. The van der Waals surface area contributed by atoms with Gasteiger partial charge in [-0.15, -0.1) is 11.3 Å². The number of thiophene rings is 1. The Hall–Kier alpha value is -2.57. The lowest BCUT2D eigenvalue weighted by molar-refractivity contribution is -0.0948. The number of aromatic nitrogens is 3. The van der Waals surface area contributed by atoms with E-state index in [1.165, 1.54) is 24.6 Å². The van der Waals surface area contributed by atoms with Gasteiger partial charge in [0, 0.05) is 29.1 Å². The molecule has 154 valence electrons. The van der Waals surface area contributed by atoms with E-state index < -0.39 is 30.6 Å². The Kier molecular flexibility index (Phi) is 4.79. The molecule has 0 saturated carbocycles. The molecule has 1 amide bonds. The lowest BCUT2D eigenvalue weighted by atomic mass is 9.96. The maximum atomic E-state index is 11.9. The van der Waals surface area contributed by atoms with E-state index in [4.69, 9.17) is 10.5 Å². The summed E-state index contributed by atoms with van der Waals surface area (Å²) in [5, 5.41) is 35.5. The summed E-state index contributed by atoms with van der Waals surface area (Å²) in [7, 11) is 1.56. The zero-order valence-electron chi connectivity index (χ0n) is 15.7.